The van der Waals surface area contributed by atoms with Crippen molar-refractivity contribution in [3.05, 3.63) is 51.3 Å². The van der Waals surface area contributed by atoms with Gasteiger partial charge in [0.2, 0.25) is 0 Å². The number of aromatic amines is 1. The molecule has 16 heteroatoms. The van der Waals surface area contributed by atoms with Crippen LogP contribution in [0.3, 0.4) is 0 Å². The maximum atomic E-state index is 14.9. The van der Waals surface area contributed by atoms with E-state index < -0.39 is 68.3 Å². The first-order valence-electron chi connectivity index (χ1n) is 12.1. The number of alkyl halides is 1. The van der Waals surface area contributed by atoms with Crippen molar-refractivity contribution in [1.82, 2.24) is 14.6 Å². The maximum Gasteiger partial charge on any atom is 0.459 e. The molecule has 1 fully saturated rings. The summed E-state index contributed by atoms with van der Waals surface area (Å²) in [6.07, 6.45) is -6.30. The third-order valence-electron chi connectivity index (χ3n) is 5.62. The highest BCUT2D eigenvalue weighted by molar-refractivity contribution is 7.52. The molecule has 39 heavy (non-hydrogen) atoms. The summed E-state index contributed by atoms with van der Waals surface area (Å²) in [5.74, 6) is 0.0827. The number of nitrogens with one attached hydrogen (secondary N) is 2. The zero-order valence-corrected chi connectivity index (χ0v) is 22.2. The van der Waals surface area contributed by atoms with E-state index >= 15 is 0 Å². The molecule has 0 saturated carbocycles. The predicted molar refractivity (Wildman–Crippen MR) is 132 cm³/mol. The van der Waals surface area contributed by atoms with Crippen LogP contribution in [-0.2, 0) is 23.4 Å². The van der Waals surface area contributed by atoms with Gasteiger partial charge in [-0.15, -0.1) is 0 Å². The van der Waals surface area contributed by atoms with Crippen molar-refractivity contribution < 1.29 is 46.9 Å². The molecule has 14 nitrogen and oxygen atoms in total. The number of aliphatic hydroxyl groups is 1. The van der Waals surface area contributed by atoms with Gasteiger partial charge in [-0.2, -0.15) is 5.09 Å². The lowest BCUT2D eigenvalue weighted by atomic mass is 10.1. The highest BCUT2D eigenvalue weighted by Crippen LogP contribution is 2.47. The molecule has 1 unspecified atom stereocenters. The number of nitrogens with zero attached hydrogens (tertiary/aromatic N) is 1. The molecule has 2 aliphatic rings. The highest BCUT2D eigenvalue weighted by atomic mass is 31.2. The average Bonchev–Trinajstić information content (AvgIpc) is 3.15. The number of hydrogen-bond acceptors (Lipinski definition) is 11. The number of ether oxygens (including phenoxy) is 4. The summed E-state index contributed by atoms with van der Waals surface area (Å²) in [7, 11) is -4.41. The molecule has 1 saturated heterocycles. The third kappa shape index (κ3) is 6.86. The van der Waals surface area contributed by atoms with Gasteiger partial charge in [-0.05, 0) is 32.9 Å². The predicted octanol–water partition coefficient (Wildman–Crippen LogP) is 1.04. The fraction of sp³-hybridized carbons (Fsp3) is 0.522. The van der Waals surface area contributed by atoms with Crippen LogP contribution in [0.4, 0.5) is 4.39 Å². The quantitative estimate of drug-likeness (QED) is 0.272. The van der Waals surface area contributed by atoms with Gasteiger partial charge in [0.25, 0.3) is 5.56 Å². The lowest BCUT2D eigenvalue weighted by Gasteiger charge is -2.25. The summed E-state index contributed by atoms with van der Waals surface area (Å²) in [6.45, 7) is 4.65. The second-order valence-corrected chi connectivity index (χ2v) is 10.7. The Kier molecular flexibility index (Phi) is 8.76. The standard InChI is InChI=1S/C23H29FN3O11P/c1-12(2)36-22(30)13(3)26-39(32,38-14-4-5-15-16(10-14)34-9-8-33-15)35-11-17-20(29)19(24)21(37-17)27-7-6-18(28)25-23(27)31/h4-7,10,12-13,17,19-21,29H,8-9,11H2,1-3H3,(H,26,32)(H,25,28,31)/t13-,17+,19+,20+,21+,39?/m0/s1. The van der Waals surface area contributed by atoms with Crippen molar-refractivity contribution in [2.75, 3.05) is 19.8 Å². The molecular formula is C23H29FN3O11P. The molecule has 1 aromatic carbocycles. The number of halogens is 1. The number of H-pyrrole nitrogens is 1. The molecule has 214 valence electrons. The first kappa shape index (κ1) is 28.8. The lowest BCUT2D eigenvalue weighted by Crippen LogP contribution is -2.37. The fourth-order valence-electron chi connectivity index (χ4n) is 3.80. The van der Waals surface area contributed by atoms with Crippen LogP contribution in [0.1, 0.15) is 27.0 Å². The smallest absolute Gasteiger partial charge is 0.459 e. The summed E-state index contributed by atoms with van der Waals surface area (Å²) in [5.41, 5.74) is -1.64. The number of fused-ring (bicyclic) bond motifs is 1. The first-order valence-corrected chi connectivity index (χ1v) is 13.6. The summed E-state index contributed by atoms with van der Waals surface area (Å²) < 4.78 is 62.1. The molecule has 3 N–H and O–H groups in total. The van der Waals surface area contributed by atoms with Gasteiger partial charge >= 0.3 is 19.4 Å². The zero-order chi connectivity index (χ0) is 28.3. The molecule has 0 aliphatic carbocycles. The summed E-state index contributed by atoms with van der Waals surface area (Å²) in [6, 6.07) is 4.23. The van der Waals surface area contributed by atoms with Crippen molar-refractivity contribution in [2.45, 2.75) is 57.5 Å². The van der Waals surface area contributed by atoms with Crippen LogP contribution in [0.5, 0.6) is 17.2 Å². The van der Waals surface area contributed by atoms with Gasteiger partial charge in [-0.25, -0.2) is 13.8 Å². The van der Waals surface area contributed by atoms with Crippen LogP contribution < -0.4 is 30.3 Å². The Morgan fingerprint density at radius 3 is 2.64 bits per heavy atom. The average molecular weight is 573 g/mol. The van der Waals surface area contributed by atoms with E-state index in [-0.39, 0.29) is 5.75 Å². The van der Waals surface area contributed by atoms with Crippen LogP contribution >= 0.6 is 7.75 Å². The van der Waals surface area contributed by atoms with Crippen molar-refractivity contribution in [3.63, 3.8) is 0 Å². The number of benzene rings is 1. The van der Waals surface area contributed by atoms with E-state index in [1.807, 2.05) is 4.98 Å². The minimum Gasteiger partial charge on any atom is -0.486 e. The van der Waals surface area contributed by atoms with E-state index in [9.17, 15) is 28.4 Å². The molecule has 2 aliphatic heterocycles. The Bertz CT molecular complexity index is 1350. The molecule has 6 atom stereocenters. The topological polar surface area (TPSA) is 177 Å². The SMILES string of the molecule is CC(C)OC(=O)[C@H](C)NP(=O)(OC[C@H]1O[C@@H](n2ccc(=O)[nH]c2=O)[C@H](F)[C@@H]1O)Oc1ccc2c(c1)OCCO2. The van der Waals surface area contributed by atoms with E-state index in [0.717, 1.165) is 16.8 Å². The first-order chi connectivity index (χ1) is 18.5. The van der Waals surface area contributed by atoms with Gasteiger partial charge in [-0.3, -0.25) is 23.7 Å². The van der Waals surface area contributed by atoms with Crippen molar-refractivity contribution in [1.29, 1.82) is 0 Å². The summed E-state index contributed by atoms with van der Waals surface area (Å²) in [4.78, 5) is 37.7. The number of aromatic nitrogens is 2. The van der Waals surface area contributed by atoms with Crippen molar-refractivity contribution in [2.24, 2.45) is 0 Å². The van der Waals surface area contributed by atoms with E-state index in [0.29, 0.717) is 24.7 Å². The summed E-state index contributed by atoms with van der Waals surface area (Å²) in [5, 5.41) is 12.9. The van der Waals surface area contributed by atoms with Crippen LogP contribution in [0.2, 0.25) is 0 Å². The lowest BCUT2D eigenvalue weighted by molar-refractivity contribution is -0.149. The Morgan fingerprint density at radius 1 is 1.23 bits per heavy atom. The normalized spacial score (nSPS) is 24.7. The van der Waals surface area contributed by atoms with Gasteiger partial charge in [0.05, 0.1) is 12.7 Å². The van der Waals surface area contributed by atoms with Gasteiger partial charge in [-0.1, -0.05) is 0 Å². The molecule has 2 aromatic rings. The molecule has 1 aromatic heterocycles. The Labute approximate surface area is 221 Å². The number of esters is 1. The Hall–Kier alpha value is -3.23. The number of rotatable bonds is 10. The second-order valence-electron chi connectivity index (χ2n) is 9.04. The second kappa shape index (κ2) is 11.9. The van der Waals surface area contributed by atoms with Gasteiger partial charge in [0.1, 0.15) is 37.2 Å². The van der Waals surface area contributed by atoms with E-state index in [2.05, 4.69) is 5.09 Å². The molecule has 0 amide bonds. The Morgan fingerprint density at radius 2 is 1.95 bits per heavy atom. The monoisotopic (exact) mass is 573 g/mol. The molecule has 3 heterocycles. The minimum absolute atomic E-state index is 0.0356. The van der Waals surface area contributed by atoms with Gasteiger partial charge in [0.15, 0.2) is 23.9 Å². The third-order valence-corrected chi connectivity index (χ3v) is 7.27. The van der Waals surface area contributed by atoms with Crippen molar-refractivity contribution in [3.8, 4) is 17.2 Å². The molecule has 0 spiro atoms. The molecule has 0 bridgehead atoms. The van der Waals surface area contributed by atoms with Crippen LogP contribution in [0.25, 0.3) is 0 Å². The number of carbonyl (C=O) groups excluding carboxylic acids is 1. The molecule has 4 rings (SSSR count). The molecule has 0 radical (unpaired) electrons. The van der Waals surface area contributed by atoms with E-state index in [1.54, 1.807) is 13.8 Å². The zero-order valence-electron chi connectivity index (χ0n) is 21.3. The Balaban J connectivity index is 1.52. The van der Waals surface area contributed by atoms with Crippen LogP contribution in [-0.4, -0.2) is 71.0 Å². The van der Waals surface area contributed by atoms with Crippen molar-refractivity contribution >= 4 is 13.7 Å². The fourth-order valence-corrected chi connectivity index (χ4v) is 5.29. The highest BCUT2D eigenvalue weighted by Gasteiger charge is 2.47. The number of hydrogen-bond donors (Lipinski definition) is 3. The number of carbonyl (C=O) groups is 1. The summed E-state index contributed by atoms with van der Waals surface area (Å²) >= 11 is 0. The number of aliphatic hydroxyl groups excluding tert-OH is 1. The van der Waals surface area contributed by atoms with E-state index in [4.69, 9.17) is 28.0 Å². The largest absolute Gasteiger partial charge is 0.486 e. The van der Waals surface area contributed by atoms with Crippen LogP contribution in [0, 0.1) is 0 Å². The molecular weight excluding hydrogens is 544 g/mol. The van der Waals surface area contributed by atoms with E-state index in [1.165, 1.54) is 25.1 Å². The maximum absolute atomic E-state index is 14.9. The van der Waals surface area contributed by atoms with Crippen LogP contribution in [0.15, 0.2) is 40.1 Å². The minimum atomic E-state index is -4.41. The van der Waals surface area contributed by atoms with Gasteiger partial charge in [0, 0.05) is 18.3 Å². The van der Waals surface area contributed by atoms with Gasteiger partial charge < -0.3 is 28.6 Å².